The van der Waals surface area contributed by atoms with Crippen molar-refractivity contribution < 1.29 is 4.74 Å². The van der Waals surface area contributed by atoms with Crippen LogP contribution in [0, 0.1) is 5.92 Å². The molecule has 2 nitrogen and oxygen atoms in total. The normalized spacial score (nSPS) is 12.7. The summed E-state index contributed by atoms with van der Waals surface area (Å²) >= 11 is 1.87. The van der Waals surface area contributed by atoms with Gasteiger partial charge in [0.05, 0.1) is 6.61 Å². The minimum Gasteiger partial charge on any atom is -0.493 e. The number of benzene rings is 1. The van der Waals surface area contributed by atoms with Gasteiger partial charge in [0.25, 0.3) is 0 Å². The van der Waals surface area contributed by atoms with Crippen molar-refractivity contribution in [3.8, 4) is 5.75 Å². The van der Waals surface area contributed by atoms with Crippen molar-refractivity contribution >= 4 is 11.8 Å². The fourth-order valence-electron chi connectivity index (χ4n) is 1.61. The summed E-state index contributed by atoms with van der Waals surface area (Å²) in [6, 6.07) is 8.81. The molecule has 1 aromatic rings. The number of thioether (sulfide) groups is 1. The molecule has 0 saturated heterocycles. The van der Waals surface area contributed by atoms with Gasteiger partial charge in [-0.3, -0.25) is 0 Å². The Balaban J connectivity index is 2.43. The zero-order valence-corrected chi connectivity index (χ0v) is 12.7. The molecular formula is C15H25NOS. The average Bonchev–Trinajstić information content (AvgIpc) is 2.37. The van der Waals surface area contributed by atoms with Gasteiger partial charge in [-0.05, 0) is 36.8 Å². The molecule has 0 aliphatic rings. The molecule has 0 aliphatic carbocycles. The van der Waals surface area contributed by atoms with Crippen LogP contribution in [-0.4, -0.2) is 25.2 Å². The van der Waals surface area contributed by atoms with Gasteiger partial charge in [0.15, 0.2) is 0 Å². The Bertz CT molecular complexity index is 324. The van der Waals surface area contributed by atoms with E-state index in [2.05, 4.69) is 56.6 Å². The summed E-state index contributed by atoms with van der Waals surface area (Å²) in [7, 11) is 0. The van der Waals surface area contributed by atoms with E-state index < -0.39 is 0 Å². The van der Waals surface area contributed by atoms with Crippen LogP contribution in [0.2, 0.25) is 0 Å². The van der Waals surface area contributed by atoms with Gasteiger partial charge in [0, 0.05) is 18.3 Å². The van der Waals surface area contributed by atoms with Gasteiger partial charge in [-0.1, -0.05) is 26.0 Å². The Kier molecular flexibility index (Phi) is 7.21. The van der Waals surface area contributed by atoms with Gasteiger partial charge >= 0.3 is 0 Å². The summed E-state index contributed by atoms with van der Waals surface area (Å²) in [6.45, 7) is 8.34. The topological polar surface area (TPSA) is 21.3 Å². The predicted octanol–water partition coefficient (Wildman–Crippen LogP) is 3.74. The standard InChI is InChI=1S/C15H25NOS/c1-12(2)11-17-15-7-5-14(6-8-15)13(3)16-9-10-18-4/h5-8,12-13,16H,9-11H2,1-4H3. The highest BCUT2D eigenvalue weighted by molar-refractivity contribution is 7.98. The van der Waals surface area contributed by atoms with Crippen LogP contribution in [0.25, 0.3) is 0 Å². The average molecular weight is 267 g/mol. The molecule has 0 radical (unpaired) electrons. The lowest BCUT2D eigenvalue weighted by Crippen LogP contribution is -2.21. The largest absolute Gasteiger partial charge is 0.493 e. The molecule has 1 aromatic carbocycles. The third-order valence-corrected chi connectivity index (χ3v) is 3.33. The van der Waals surface area contributed by atoms with Crippen molar-refractivity contribution in [1.82, 2.24) is 5.32 Å². The molecule has 18 heavy (non-hydrogen) atoms. The van der Waals surface area contributed by atoms with Crippen molar-refractivity contribution in [1.29, 1.82) is 0 Å². The first-order valence-corrected chi connectivity index (χ1v) is 7.98. The summed E-state index contributed by atoms with van der Waals surface area (Å²) in [5, 5.41) is 3.51. The van der Waals surface area contributed by atoms with E-state index >= 15 is 0 Å². The molecule has 0 aliphatic heterocycles. The van der Waals surface area contributed by atoms with Crippen molar-refractivity contribution in [2.75, 3.05) is 25.2 Å². The maximum atomic E-state index is 5.68. The first kappa shape index (κ1) is 15.4. The van der Waals surface area contributed by atoms with Crippen molar-refractivity contribution in [3.05, 3.63) is 29.8 Å². The van der Waals surface area contributed by atoms with Crippen LogP contribution < -0.4 is 10.1 Å². The second-order valence-corrected chi connectivity index (χ2v) is 5.93. The minimum atomic E-state index is 0.399. The molecular weight excluding hydrogens is 242 g/mol. The van der Waals surface area contributed by atoms with Gasteiger partial charge in [0.2, 0.25) is 0 Å². The number of rotatable bonds is 8. The van der Waals surface area contributed by atoms with E-state index in [0.717, 1.165) is 24.7 Å². The second-order valence-electron chi connectivity index (χ2n) is 4.94. The molecule has 1 N–H and O–H groups in total. The van der Waals surface area contributed by atoms with Crippen LogP contribution in [0.1, 0.15) is 32.4 Å². The van der Waals surface area contributed by atoms with E-state index in [9.17, 15) is 0 Å². The minimum absolute atomic E-state index is 0.399. The molecule has 1 atom stereocenters. The third kappa shape index (κ3) is 5.78. The Morgan fingerprint density at radius 2 is 1.83 bits per heavy atom. The monoisotopic (exact) mass is 267 g/mol. The van der Waals surface area contributed by atoms with Crippen LogP contribution in [0.4, 0.5) is 0 Å². The van der Waals surface area contributed by atoms with Crippen LogP contribution >= 0.6 is 11.8 Å². The zero-order valence-electron chi connectivity index (χ0n) is 11.9. The van der Waals surface area contributed by atoms with Gasteiger partial charge in [-0.2, -0.15) is 11.8 Å². The molecule has 0 fully saturated rings. The van der Waals surface area contributed by atoms with E-state index in [1.807, 2.05) is 11.8 Å². The van der Waals surface area contributed by atoms with Crippen LogP contribution in [0.15, 0.2) is 24.3 Å². The quantitative estimate of drug-likeness (QED) is 0.725. The lowest BCUT2D eigenvalue weighted by Gasteiger charge is -2.15. The van der Waals surface area contributed by atoms with E-state index in [-0.39, 0.29) is 0 Å². The highest BCUT2D eigenvalue weighted by Crippen LogP contribution is 2.18. The molecule has 0 spiro atoms. The molecule has 1 unspecified atom stereocenters. The number of hydrogen-bond acceptors (Lipinski definition) is 3. The summed E-state index contributed by atoms with van der Waals surface area (Å²) in [5.41, 5.74) is 1.31. The molecule has 3 heteroatoms. The van der Waals surface area contributed by atoms with E-state index in [4.69, 9.17) is 4.74 Å². The fourth-order valence-corrected chi connectivity index (χ4v) is 1.93. The summed E-state index contributed by atoms with van der Waals surface area (Å²) in [6.07, 6.45) is 2.13. The molecule has 0 heterocycles. The molecule has 0 amide bonds. The van der Waals surface area contributed by atoms with Gasteiger partial charge < -0.3 is 10.1 Å². The number of hydrogen-bond donors (Lipinski definition) is 1. The SMILES string of the molecule is CSCCNC(C)c1ccc(OCC(C)C)cc1. The van der Waals surface area contributed by atoms with E-state index in [1.54, 1.807) is 0 Å². The molecule has 0 aromatic heterocycles. The maximum Gasteiger partial charge on any atom is 0.119 e. The predicted molar refractivity (Wildman–Crippen MR) is 81.6 cm³/mol. The summed E-state index contributed by atoms with van der Waals surface area (Å²) in [5.74, 6) is 2.68. The number of nitrogens with one attached hydrogen (secondary N) is 1. The van der Waals surface area contributed by atoms with Crippen molar-refractivity contribution in [3.63, 3.8) is 0 Å². The highest BCUT2D eigenvalue weighted by Gasteiger charge is 2.04. The fraction of sp³-hybridized carbons (Fsp3) is 0.600. The smallest absolute Gasteiger partial charge is 0.119 e. The lowest BCUT2D eigenvalue weighted by atomic mass is 10.1. The maximum absolute atomic E-state index is 5.68. The van der Waals surface area contributed by atoms with E-state index in [1.165, 1.54) is 5.56 Å². The Hall–Kier alpha value is -0.670. The van der Waals surface area contributed by atoms with E-state index in [0.29, 0.717) is 12.0 Å². The number of ether oxygens (including phenoxy) is 1. The molecule has 0 bridgehead atoms. The van der Waals surface area contributed by atoms with Gasteiger partial charge in [-0.25, -0.2) is 0 Å². The van der Waals surface area contributed by atoms with Gasteiger partial charge in [-0.15, -0.1) is 0 Å². The molecule has 1 rings (SSSR count). The van der Waals surface area contributed by atoms with Crippen LogP contribution in [0.3, 0.4) is 0 Å². The molecule has 102 valence electrons. The highest BCUT2D eigenvalue weighted by atomic mass is 32.2. The summed E-state index contributed by atoms with van der Waals surface area (Å²) < 4.78 is 5.68. The first-order chi connectivity index (χ1) is 8.63. The Morgan fingerprint density at radius 3 is 2.39 bits per heavy atom. The van der Waals surface area contributed by atoms with Crippen LogP contribution in [-0.2, 0) is 0 Å². The Labute approximate surface area is 116 Å². The lowest BCUT2D eigenvalue weighted by molar-refractivity contribution is 0.271. The van der Waals surface area contributed by atoms with Crippen molar-refractivity contribution in [2.45, 2.75) is 26.8 Å². The second kappa shape index (κ2) is 8.44. The molecule has 0 saturated carbocycles. The first-order valence-electron chi connectivity index (χ1n) is 6.58. The van der Waals surface area contributed by atoms with Crippen molar-refractivity contribution in [2.24, 2.45) is 5.92 Å². The zero-order chi connectivity index (χ0) is 13.4. The van der Waals surface area contributed by atoms with Crippen LogP contribution in [0.5, 0.6) is 5.75 Å². The summed E-state index contributed by atoms with van der Waals surface area (Å²) in [4.78, 5) is 0. The third-order valence-electron chi connectivity index (χ3n) is 2.72. The van der Waals surface area contributed by atoms with Gasteiger partial charge in [0.1, 0.15) is 5.75 Å². The Morgan fingerprint density at radius 1 is 1.17 bits per heavy atom.